The zero-order valence-electron chi connectivity index (χ0n) is 23.8. The predicted molar refractivity (Wildman–Crippen MR) is 159 cm³/mol. The van der Waals surface area contributed by atoms with Crippen molar-refractivity contribution < 1.29 is 31.1 Å². The van der Waals surface area contributed by atoms with E-state index in [4.69, 9.17) is 4.74 Å². The van der Waals surface area contributed by atoms with E-state index in [0.717, 1.165) is 37.8 Å². The molecule has 0 spiro atoms. The molecule has 2 N–H and O–H groups in total. The van der Waals surface area contributed by atoms with Crippen LogP contribution in [0.4, 0.5) is 18.9 Å². The maximum atomic E-state index is 13.1. The van der Waals surface area contributed by atoms with Crippen molar-refractivity contribution in [2.75, 3.05) is 24.4 Å². The highest BCUT2D eigenvalue weighted by atomic mass is 32.2. The predicted octanol–water partition coefficient (Wildman–Crippen LogP) is 7.07. The Labute approximate surface area is 250 Å². The molecule has 1 saturated heterocycles. The van der Waals surface area contributed by atoms with Crippen LogP contribution in [0, 0.1) is 5.92 Å². The van der Waals surface area contributed by atoms with E-state index in [1.807, 2.05) is 0 Å². The Kier molecular flexibility index (Phi) is 9.61. The van der Waals surface area contributed by atoms with E-state index in [-0.39, 0.29) is 34.0 Å². The Balaban J connectivity index is 1.15. The second-order valence-corrected chi connectivity index (χ2v) is 13.0. The molecule has 1 saturated carbocycles. The van der Waals surface area contributed by atoms with Crippen LogP contribution >= 0.6 is 0 Å². The van der Waals surface area contributed by atoms with Crippen molar-refractivity contribution in [2.24, 2.45) is 5.92 Å². The first-order valence-electron chi connectivity index (χ1n) is 14.7. The van der Waals surface area contributed by atoms with Gasteiger partial charge in [0.25, 0.3) is 15.9 Å². The number of carbonyl (C=O) groups excluding carboxylic acids is 1. The third-order valence-electron chi connectivity index (χ3n) is 8.20. The van der Waals surface area contributed by atoms with Crippen molar-refractivity contribution >= 4 is 21.6 Å². The zero-order valence-corrected chi connectivity index (χ0v) is 24.6. The fourth-order valence-corrected chi connectivity index (χ4v) is 6.77. The number of para-hydroxylation sites is 2. The molecule has 1 amide bonds. The number of benzene rings is 3. The minimum absolute atomic E-state index is 0.0492. The fraction of sp³-hybridized carbons (Fsp3) is 0.406. The molecule has 2 aliphatic rings. The number of nitrogens with zero attached hydrogens (tertiary/aromatic N) is 1. The molecule has 0 radical (unpaired) electrons. The lowest BCUT2D eigenvalue weighted by molar-refractivity contribution is -0.137. The Hall–Kier alpha value is -3.57. The summed E-state index contributed by atoms with van der Waals surface area (Å²) in [6, 6.07) is 16.1. The first kappa shape index (κ1) is 30.9. The summed E-state index contributed by atoms with van der Waals surface area (Å²) in [6.45, 7) is 3.61. The minimum atomic E-state index is -4.48. The van der Waals surface area contributed by atoms with Crippen LogP contribution in [0.2, 0.25) is 0 Å². The average molecular weight is 616 g/mol. The van der Waals surface area contributed by atoms with Crippen molar-refractivity contribution in [1.82, 2.24) is 10.2 Å². The van der Waals surface area contributed by atoms with Crippen LogP contribution in [0.5, 0.6) is 11.5 Å². The van der Waals surface area contributed by atoms with Crippen molar-refractivity contribution in [3.05, 3.63) is 83.9 Å². The highest BCUT2D eigenvalue weighted by Gasteiger charge is 2.30. The van der Waals surface area contributed by atoms with E-state index in [2.05, 4.69) is 14.9 Å². The normalized spacial score (nSPS) is 19.6. The number of carbonyl (C=O) groups is 1. The van der Waals surface area contributed by atoms with Gasteiger partial charge in [0.05, 0.1) is 16.1 Å². The summed E-state index contributed by atoms with van der Waals surface area (Å²) in [5.74, 6) is 0.710. The highest BCUT2D eigenvalue weighted by molar-refractivity contribution is 7.92. The minimum Gasteiger partial charge on any atom is -0.455 e. The van der Waals surface area contributed by atoms with Crippen LogP contribution in [0.3, 0.4) is 0 Å². The number of amides is 1. The maximum Gasteiger partial charge on any atom is 0.416 e. The quantitative estimate of drug-likeness (QED) is 0.255. The Morgan fingerprint density at radius 2 is 1.53 bits per heavy atom. The van der Waals surface area contributed by atoms with E-state index in [1.54, 1.807) is 12.1 Å². The summed E-state index contributed by atoms with van der Waals surface area (Å²) < 4.78 is 73.0. The van der Waals surface area contributed by atoms with Crippen molar-refractivity contribution in [3.8, 4) is 11.5 Å². The number of hydrogen-bond donors (Lipinski definition) is 2. The molecule has 7 nitrogen and oxygen atoms in total. The van der Waals surface area contributed by atoms with Gasteiger partial charge in [-0.05, 0) is 131 Å². The zero-order chi connectivity index (χ0) is 30.5. The molecular formula is C32H36F3N3O4S. The maximum absolute atomic E-state index is 13.1. The van der Waals surface area contributed by atoms with E-state index >= 15 is 0 Å². The number of ether oxygens (including phenoxy) is 1. The van der Waals surface area contributed by atoms with Crippen LogP contribution in [0.1, 0.15) is 60.9 Å². The molecule has 5 rings (SSSR count). The largest absolute Gasteiger partial charge is 0.455 e. The van der Waals surface area contributed by atoms with E-state index in [1.165, 1.54) is 87.4 Å². The van der Waals surface area contributed by atoms with Crippen molar-refractivity contribution in [3.63, 3.8) is 0 Å². The molecule has 1 heterocycles. The summed E-state index contributed by atoms with van der Waals surface area (Å²) in [5, 5.41) is 3.10. The van der Waals surface area contributed by atoms with Crippen molar-refractivity contribution in [1.29, 1.82) is 0 Å². The standard InChI is InChI=1S/C32H36F3N3O4S/c33-32(34,35)25-11-15-27(16-12-25)42-30-6-2-1-5-29(30)37-43(40,41)28-17-9-24(10-18-28)31(39)36-26-13-7-23(8-14-26)19-22-38-20-3-4-21-38/h1-2,5-6,9-12,15-18,23,26,37H,3-4,7-8,13-14,19-22H2,(H,36,39). The number of alkyl halides is 3. The van der Waals surface area contributed by atoms with Gasteiger partial charge in [-0.3, -0.25) is 9.52 Å². The Bertz CT molecular complexity index is 1480. The summed E-state index contributed by atoms with van der Waals surface area (Å²) in [4.78, 5) is 15.4. The molecule has 1 aliphatic heterocycles. The van der Waals surface area contributed by atoms with Gasteiger partial charge < -0.3 is 15.0 Å². The van der Waals surface area contributed by atoms with Crippen LogP contribution in [0.25, 0.3) is 0 Å². The van der Waals surface area contributed by atoms with E-state index in [9.17, 15) is 26.4 Å². The topological polar surface area (TPSA) is 87.7 Å². The molecule has 230 valence electrons. The molecular weight excluding hydrogens is 579 g/mol. The molecule has 0 atom stereocenters. The Morgan fingerprint density at radius 1 is 0.884 bits per heavy atom. The van der Waals surface area contributed by atoms with Gasteiger partial charge in [-0.15, -0.1) is 0 Å². The molecule has 0 unspecified atom stereocenters. The lowest BCUT2D eigenvalue weighted by atomic mass is 9.84. The average Bonchev–Trinajstić information content (AvgIpc) is 3.51. The van der Waals surface area contributed by atoms with Crippen LogP contribution in [-0.2, 0) is 16.2 Å². The van der Waals surface area contributed by atoms with Gasteiger partial charge in [0.15, 0.2) is 5.75 Å². The van der Waals surface area contributed by atoms with Crippen LogP contribution < -0.4 is 14.8 Å². The number of anilines is 1. The van der Waals surface area contributed by atoms with Gasteiger partial charge in [-0.2, -0.15) is 13.2 Å². The second kappa shape index (κ2) is 13.4. The molecule has 43 heavy (non-hydrogen) atoms. The van der Waals surface area contributed by atoms with Gasteiger partial charge in [0.1, 0.15) is 5.75 Å². The number of likely N-dealkylation sites (tertiary alicyclic amines) is 1. The Morgan fingerprint density at radius 3 is 2.19 bits per heavy atom. The van der Waals surface area contributed by atoms with Gasteiger partial charge >= 0.3 is 6.18 Å². The summed E-state index contributed by atoms with van der Waals surface area (Å²) in [6.07, 6.45) is 3.45. The molecule has 2 fully saturated rings. The molecule has 3 aromatic rings. The lowest BCUT2D eigenvalue weighted by Crippen LogP contribution is -2.38. The van der Waals surface area contributed by atoms with Gasteiger partial charge in [-0.25, -0.2) is 8.42 Å². The van der Waals surface area contributed by atoms with Crippen LogP contribution in [0.15, 0.2) is 77.7 Å². The fourth-order valence-electron chi connectivity index (χ4n) is 5.70. The summed E-state index contributed by atoms with van der Waals surface area (Å²) >= 11 is 0. The molecule has 11 heteroatoms. The number of sulfonamides is 1. The van der Waals surface area contributed by atoms with Crippen LogP contribution in [-0.4, -0.2) is 44.9 Å². The molecule has 0 aromatic heterocycles. The van der Waals surface area contributed by atoms with Gasteiger partial charge in [0.2, 0.25) is 0 Å². The first-order valence-corrected chi connectivity index (χ1v) is 16.2. The summed E-state index contributed by atoms with van der Waals surface area (Å²) in [7, 11) is -4.06. The highest BCUT2D eigenvalue weighted by Crippen LogP contribution is 2.34. The lowest BCUT2D eigenvalue weighted by Gasteiger charge is -2.30. The third kappa shape index (κ3) is 8.29. The number of halogens is 3. The number of hydrogen-bond acceptors (Lipinski definition) is 5. The number of nitrogens with one attached hydrogen (secondary N) is 2. The number of rotatable bonds is 10. The second-order valence-electron chi connectivity index (χ2n) is 11.3. The van der Waals surface area contributed by atoms with Gasteiger partial charge in [0, 0.05) is 11.6 Å². The molecule has 1 aliphatic carbocycles. The first-order chi connectivity index (χ1) is 20.6. The van der Waals surface area contributed by atoms with E-state index in [0.29, 0.717) is 11.5 Å². The SMILES string of the molecule is O=C(NC1CCC(CCN2CCCC2)CC1)c1ccc(S(=O)(=O)Nc2ccccc2Oc2ccc(C(F)(F)F)cc2)cc1. The van der Waals surface area contributed by atoms with E-state index < -0.39 is 21.8 Å². The smallest absolute Gasteiger partial charge is 0.416 e. The third-order valence-corrected chi connectivity index (χ3v) is 9.58. The van der Waals surface area contributed by atoms with Gasteiger partial charge in [-0.1, -0.05) is 12.1 Å². The monoisotopic (exact) mass is 615 g/mol. The molecule has 0 bridgehead atoms. The van der Waals surface area contributed by atoms with Crippen molar-refractivity contribution in [2.45, 2.75) is 62.1 Å². The summed E-state index contributed by atoms with van der Waals surface area (Å²) in [5.41, 5.74) is -0.331. The molecule has 3 aromatic carbocycles.